The molecule has 104 valence electrons. The van der Waals surface area contributed by atoms with Crippen molar-refractivity contribution in [3.8, 4) is 0 Å². The normalized spacial score (nSPS) is 11.0. The molecule has 3 aromatic rings. The maximum Gasteiger partial charge on any atom is 0.331 e. The Morgan fingerprint density at radius 2 is 1.90 bits per heavy atom. The summed E-state index contributed by atoms with van der Waals surface area (Å²) < 4.78 is 10.2. The first-order chi connectivity index (χ1) is 10.3. The molecule has 0 aliphatic rings. The Bertz CT molecular complexity index is 765. The second kappa shape index (κ2) is 6.09. The van der Waals surface area contributed by atoms with Gasteiger partial charge in [0.25, 0.3) is 0 Å². The number of ether oxygens (including phenoxy) is 1. The highest BCUT2D eigenvalue weighted by Gasteiger charge is 2.01. The highest BCUT2D eigenvalue weighted by atomic mass is 16.5. The molecule has 2 aromatic carbocycles. The molecule has 0 aliphatic carbocycles. The first-order valence-corrected chi connectivity index (χ1v) is 6.68. The van der Waals surface area contributed by atoms with Crippen LogP contribution in [0.2, 0.25) is 0 Å². The largest absolute Gasteiger partial charge is 0.466 e. The van der Waals surface area contributed by atoms with Crippen LogP contribution in [0, 0.1) is 0 Å². The minimum absolute atomic E-state index is 0.145. The predicted molar refractivity (Wildman–Crippen MR) is 81.5 cm³/mol. The van der Waals surface area contributed by atoms with Gasteiger partial charge in [-0.25, -0.2) is 4.79 Å². The van der Waals surface area contributed by atoms with E-state index in [-0.39, 0.29) is 12.6 Å². The number of esters is 1. The van der Waals surface area contributed by atoms with E-state index >= 15 is 0 Å². The third-order valence-electron chi connectivity index (χ3n) is 3.16. The number of benzene rings is 2. The molecular formula is C18H14O3. The van der Waals surface area contributed by atoms with Gasteiger partial charge in [0.15, 0.2) is 0 Å². The van der Waals surface area contributed by atoms with Gasteiger partial charge in [0, 0.05) is 6.08 Å². The summed E-state index contributed by atoms with van der Waals surface area (Å²) in [6, 6.07) is 17.6. The molecule has 0 saturated heterocycles. The summed E-state index contributed by atoms with van der Waals surface area (Å²) in [5.41, 5.74) is 0.989. The molecule has 1 aromatic heterocycles. The Kier molecular flexibility index (Phi) is 3.83. The summed E-state index contributed by atoms with van der Waals surface area (Å²) in [4.78, 5) is 11.7. The van der Waals surface area contributed by atoms with Gasteiger partial charge in [-0.15, -0.1) is 0 Å². The van der Waals surface area contributed by atoms with E-state index in [4.69, 9.17) is 9.15 Å². The maximum atomic E-state index is 11.7. The Hall–Kier alpha value is -2.81. The van der Waals surface area contributed by atoms with E-state index in [1.54, 1.807) is 24.5 Å². The number of furan rings is 1. The minimum atomic E-state index is -0.390. The zero-order valence-corrected chi connectivity index (χ0v) is 11.4. The highest BCUT2D eigenvalue weighted by molar-refractivity contribution is 5.94. The highest BCUT2D eigenvalue weighted by Crippen LogP contribution is 2.19. The summed E-state index contributed by atoms with van der Waals surface area (Å²) in [7, 11) is 0. The van der Waals surface area contributed by atoms with E-state index in [2.05, 4.69) is 0 Å². The van der Waals surface area contributed by atoms with Crippen molar-refractivity contribution in [3.63, 3.8) is 0 Å². The van der Waals surface area contributed by atoms with Gasteiger partial charge in [0.1, 0.15) is 12.4 Å². The average molecular weight is 278 g/mol. The van der Waals surface area contributed by atoms with Crippen LogP contribution in [0.15, 0.2) is 71.4 Å². The Labute approximate surface area is 122 Å². The van der Waals surface area contributed by atoms with Gasteiger partial charge >= 0.3 is 5.97 Å². The second-order valence-electron chi connectivity index (χ2n) is 4.59. The maximum absolute atomic E-state index is 11.7. The number of carbonyl (C=O) groups is 1. The van der Waals surface area contributed by atoms with E-state index < -0.39 is 0 Å². The second-order valence-corrected chi connectivity index (χ2v) is 4.59. The van der Waals surface area contributed by atoms with Gasteiger partial charge in [-0.3, -0.25) is 0 Å². The van der Waals surface area contributed by atoms with E-state index in [0.29, 0.717) is 5.76 Å². The molecule has 0 radical (unpaired) electrons. The van der Waals surface area contributed by atoms with Crippen molar-refractivity contribution in [1.82, 2.24) is 0 Å². The van der Waals surface area contributed by atoms with Crippen LogP contribution < -0.4 is 0 Å². The van der Waals surface area contributed by atoms with Crippen molar-refractivity contribution in [3.05, 3.63) is 78.3 Å². The van der Waals surface area contributed by atoms with Crippen molar-refractivity contribution in [2.75, 3.05) is 0 Å². The van der Waals surface area contributed by atoms with Crippen LogP contribution in [0.1, 0.15) is 11.3 Å². The third kappa shape index (κ3) is 3.20. The fourth-order valence-electron chi connectivity index (χ4n) is 2.14. The van der Waals surface area contributed by atoms with Crippen molar-refractivity contribution in [2.45, 2.75) is 6.61 Å². The predicted octanol–water partition coefficient (Wildman–Crippen LogP) is 4.19. The van der Waals surface area contributed by atoms with Gasteiger partial charge < -0.3 is 9.15 Å². The molecule has 0 bridgehead atoms. The number of rotatable bonds is 4. The molecule has 1 heterocycles. The number of fused-ring (bicyclic) bond motifs is 1. The van der Waals surface area contributed by atoms with Crippen molar-refractivity contribution in [2.24, 2.45) is 0 Å². The minimum Gasteiger partial charge on any atom is -0.466 e. The quantitative estimate of drug-likeness (QED) is 0.530. The standard InChI is InChI=1S/C18H14O3/c19-18(21-13-16-8-4-12-20-16)11-10-15-7-3-6-14-5-1-2-9-17(14)15/h1-12H,13H2/b11-10+. The zero-order chi connectivity index (χ0) is 14.5. The van der Waals surface area contributed by atoms with Crippen LogP contribution in [0.5, 0.6) is 0 Å². The molecule has 3 rings (SSSR count). The van der Waals surface area contributed by atoms with Crippen LogP contribution in [0.25, 0.3) is 16.8 Å². The van der Waals surface area contributed by atoms with Gasteiger partial charge in [0.2, 0.25) is 0 Å². The first-order valence-electron chi connectivity index (χ1n) is 6.68. The smallest absolute Gasteiger partial charge is 0.331 e. The zero-order valence-electron chi connectivity index (χ0n) is 11.4. The van der Waals surface area contributed by atoms with Crippen molar-refractivity contribution < 1.29 is 13.9 Å². The van der Waals surface area contributed by atoms with E-state index in [1.165, 1.54) is 6.08 Å². The van der Waals surface area contributed by atoms with Crippen LogP contribution in [-0.4, -0.2) is 5.97 Å². The molecule has 0 fully saturated rings. The molecule has 0 N–H and O–H groups in total. The van der Waals surface area contributed by atoms with E-state index in [9.17, 15) is 4.79 Å². The van der Waals surface area contributed by atoms with E-state index in [1.807, 2.05) is 42.5 Å². The molecule has 0 aliphatic heterocycles. The molecular weight excluding hydrogens is 264 g/mol. The van der Waals surface area contributed by atoms with Crippen LogP contribution in [0.4, 0.5) is 0 Å². The number of carbonyl (C=O) groups excluding carboxylic acids is 1. The van der Waals surface area contributed by atoms with Crippen LogP contribution >= 0.6 is 0 Å². The monoisotopic (exact) mass is 278 g/mol. The van der Waals surface area contributed by atoms with Crippen LogP contribution in [-0.2, 0) is 16.1 Å². The summed E-state index contributed by atoms with van der Waals surface area (Å²) in [6.07, 6.45) is 4.76. The fraction of sp³-hybridized carbons (Fsp3) is 0.0556. The van der Waals surface area contributed by atoms with Gasteiger partial charge in [0.05, 0.1) is 6.26 Å². The molecule has 0 saturated carbocycles. The Morgan fingerprint density at radius 3 is 2.76 bits per heavy atom. The van der Waals surface area contributed by atoms with Crippen molar-refractivity contribution in [1.29, 1.82) is 0 Å². The van der Waals surface area contributed by atoms with Crippen LogP contribution in [0.3, 0.4) is 0 Å². The molecule has 0 atom stereocenters. The van der Waals surface area contributed by atoms with Crippen molar-refractivity contribution >= 4 is 22.8 Å². The summed E-state index contributed by atoms with van der Waals surface area (Å²) in [5.74, 6) is 0.237. The lowest BCUT2D eigenvalue weighted by Crippen LogP contribution is -1.99. The Balaban J connectivity index is 1.71. The number of hydrogen-bond donors (Lipinski definition) is 0. The molecule has 21 heavy (non-hydrogen) atoms. The lowest BCUT2D eigenvalue weighted by molar-refractivity contribution is -0.139. The van der Waals surface area contributed by atoms with Gasteiger partial charge in [-0.2, -0.15) is 0 Å². The van der Waals surface area contributed by atoms with Gasteiger partial charge in [-0.1, -0.05) is 42.5 Å². The summed E-state index contributed by atoms with van der Waals surface area (Å²) in [5, 5.41) is 2.25. The first kappa shape index (κ1) is 13.2. The van der Waals surface area contributed by atoms with Gasteiger partial charge in [-0.05, 0) is 34.5 Å². The lowest BCUT2D eigenvalue weighted by atomic mass is 10.0. The molecule has 0 amide bonds. The third-order valence-corrected chi connectivity index (χ3v) is 3.16. The molecule has 3 nitrogen and oxygen atoms in total. The molecule has 3 heteroatoms. The number of hydrogen-bond acceptors (Lipinski definition) is 3. The lowest BCUT2D eigenvalue weighted by Gasteiger charge is -2.02. The summed E-state index contributed by atoms with van der Waals surface area (Å²) >= 11 is 0. The summed E-state index contributed by atoms with van der Waals surface area (Å²) in [6.45, 7) is 0.145. The Morgan fingerprint density at radius 1 is 1.05 bits per heavy atom. The fourth-order valence-corrected chi connectivity index (χ4v) is 2.14. The topological polar surface area (TPSA) is 39.4 Å². The van der Waals surface area contributed by atoms with E-state index in [0.717, 1.165) is 16.3 Å². The SMILES string of the molecule is O=C(/C=C/c1cccc2ccccc12)OCc1ccco1. The molecule has 0 unspecified atom stereocenters. The average Bonchev–Trinajstić information content (AvgIpc) is 3.04. The molecule has 0 spiro atoms.